The Hall–Kier alpha value is -2.82. The Morgan fingerprint density at radius 2 is 1.11 bits per heavy atom. The largest absolute Gasteiger partial charge is 0.538 e. The second-order valence-electron chi connectivity index (χ2n) is 6.71. The van der Waals surface area contributed by atoms with Crippen LogP contribution in [0.4, 0.5) is 0 Å². The van der Waals surface area contributed by atoms with E-state index < -0.39 is 0 Å². The van der Waals surface area contributed by atoms with E-state index in [1.807, 2.05) is 24.3 Å². The number of hydrogen-bond donors (Lipinski definition) is 1. The van der Waals surface area contributed by atoms with Crippen molar-refractivity contribution in [2.75, 3.05) is 0 Å². The van der Waals surface area contributed by atoms with Gasteiger partial charge in [-0.15, -0.1) is 0 Å². The van der Waals surface area contributed by atoms with Crippen LogP contribution in [-0.2, 0) is 0 Å². The molecule has 0 saturated carbocycles. The summed E-state index contributed by atoms with van der Waals surface area (Å²) in [5.74, 6) is 0.721. The summed E-state index contributed by atoms with van der Waals surface area (Å²) in [7, 11) is -0.353. The fourth-order valence-electron chi connectivity index (χ4n) is 4.08. The molecule has 5 rings (SSSR count). The standard InChI is InChI=1S/C24H16BBrO2/c26-22-14-13-19(15-7-1-2-8-16(15)22)23-17-9-3-5-11-20(17)24(28-25-27)21-12-6-4-10-18(21)23/h1-14,25,27H. The van der Waals surface area contributed by atoms with Crippen LogP contribution in [0, 0.1) is 0 Å². The highest BCUT2D eigenvalue weighted by Gasteiger charge is 2.17. The van der Waals surface area contributed by atoms with Gasteiger partial charge in [0.25, 0.3) is 0 Å². The van der Waals surface area contributed by atoms with Crippen LogP contribution >= 0.6 is 15.9 Å². The molecule has 0 fully saturated rings. The maximum atomic E-state index is 9.47. The molecule has 28 heavy (non-hydrogen) atoms. The molecule has 0 saturated heterocycles. The predicted molar refractivity (Wildman–Crippen MR) is 122 cm³/mol. The quantitative estimate of drug-likeness (QED) is 0.274. The van der Waals surface area contributed by atoms with E-state index in [1.54, 1.807) is 0 Å². The normalized spacial score (nSPS) is 11.2. The van der Waals surface area contributed by atoms with E-state index in [1.165, 1.54) is 21.9 Å². The van der Waals surface area contributed by atoms with Gasteiger partial charge < -0.3 is 9.68 Å². The van der Waals surface area contributed by atoms with Crippen LogP contribution in [0.5, 0.6) is 5.75 Å². The highest BCUT2D eigenvalue weighted by molar-refractivity contribution is 9.10. The summed E-state index contributed by atoms with van der Waals surface area (Å²) in [6.45, 7) is 0. The minimum Gasteiger partial charge on any atom is -0.538 e. The molecule has 5 aromatic rings. The summed E-state index contributed by atoms with van der Waals surface area (Å²) >= 11 is 3.69. The fourth-order valence-corrected chi connectivity index (χ4v) is 4.56. The highest BCUT2D eigenvalue weighted by Crippen LogP contribution is 2.45. The smallest absolute Gasteiger partial charge is 0.504 e. The van der Waals surface area contributed by atoms with Crippen LogP contribution in [0.3, 0.4) is 0 Å². The summed E-state index contributed by atoms with van der Waals surface area (Å²) in [5.41, 5.74) is 2.36. The lowest BCUT2D eigenvalue weighted by atomic mass is 9.88. The Kier molecular flexibility index (Phi) is 4.31. The average Bonchev–Trinajstić information content (AvgIpc) is 2.75. The molecule has 0 aliphatic carbocycles. The zero-order valence-corrected chi connectivity index (χ0v) is 16.6. The Morgan fingerprint density at radius 3 is 1.68 bits per heavy atom. The Morgan fingerprint density at radius 1 is 0.607 bits per heavy atom. The Labute approximate surface area is 171 Å². The van der Waals surface area contributed by atoms with E-state index in [4.69, 9.17) is 4.65 Å². The molecular weight excluding hydrogens is 411 g/mol. The summed E-state index contributed by atoms with van der Waals surface area (Å²) in [6, 6.07) is 29.2. The van der Waals surface area contributed by atoms with Gasteiger partial charge in [-0.2, -0.15) is 0 Å². The second-order valence-corrected chi connectivity index (χ2v) is 7.56. The minimum absolute atomic E-state index is 0.353. The van der Waals surface area contributed by atoms with E-state index in [-0.39, 0.29) is 7.69 Å². The average molecular weight is 427 g/mol. The molecule has 5 aromatic carbocycles. The third-order valence-corrected chi connectivity index (χ3v) is 5.92. The van der Waals surface area contributed by atoms with E-state index in [0.717, 1.165) is 31.8 Å². The van der Waals surface area contributed by atoms with Crippen molar-refractivity contribution in [3.05, 3.63) is 89.4 Å². The molecular formula is C24H16BBrO2. The summed E-state index contributed by atoms with van der Waals surface area (Å²) in [6.07, 6.45) is 0. The zero-order chi connectivity index (χ0) is 19.1. The molecule has 0 aromatic heterocycles. The van der Waals surface area contributed by atoms with Gasteiger partial charge in [-0.25, -0.2) is 0 Å². The van der Waals surface area contributed by atoms with E-state index >= 15 is 0 Å². The van der Waals surface area contributed by atoms with Crippen LogP contribution in [0.15, 0.2) is 89.4 Å². The van der Waals surface area contributed by atoms with Crippen molar-refractivity contribution in [2.24, 2.45) is 0 Å². The lowest BCUT2D eigenvalue weighted by Gasteiger charge is -2.18. The number of benzene rings is 5. The van der Waals surface area contributed by atoms with Crippen molar-refractivity contribution in [3.63, 3.8) is 0 Å². The molecule has 0 atom stereocenters. The first-order chi connectivity index (χ1) is 13.8. The van der Waals surface area contributed by atoms with Crippen molar-refractivity contribution >= 4 is 55.9 Å². The number of hydrogen-bond acceptors (Lipinski definition) is 2. The van der Waals surface area contributed by atoms with Crippen LogP contribution in [0.1, 0.15) is 0 Å². The summed E-state index contributed by atoms with van der Waals surface area (Å²) < 4.78 is 6.76. The molecule has 0 aliphatic heterocycles. The first-order valence-corrected chi connectivity index (χ1v) is 9.93. The lowest BCUT2D eigenvalue weighted by Crippen LogP contribution is -2.02. The molecule has 1 N–H and O–H groups in total. The number of halogens is 1. The highest BCUT2D eigenvalue weighted by atomic mass is 79.9. The molecule has 0 amide bonds. The monoisotopic (exact) mass is 426 g/mol. The van der Waals surface area contributed by atoms with Gasteiger partial charge in [0.1, 0.15) is 5.75 Å². The van der Waals surface area contributed by atoms with Gasteiger partial charge in [0.2, 0.25) is 0 Å². The van der Waals surface area contributed by atoms with Crippen molar-refractivity contribution in [2.45, 2.75) is 0 Å². The lowest BCUT2D eigenvalue weighted by molar-refractivity contribution is 0.459. The maximum Gasteiger partial charge on any atom is 0.504 e. The molecule has 0 bridgehead atoms. The van der Waals surface area contributed by atoms with Gasteiger partial charge in [0, 0.05) is 15.2 Å². The van der Waals surface area contributed by atoms with Crippen LogP contribution in [-0.4, -0.2) is 12.7 Å². The fraction of sp³-hybridized carbons (Fsp3) is 0. The predicted octanol–water partition coefficient (Wildman–Crippen LogP) is 6.21. The van der Waals surface area contributed by atoms with E-state index in [9.17, 15) is 5.02 Å². The summed E-state index contributed by atoms with van der Waals surface area (Å²) in [4.78, 5) is 0. The Bertz CT molecular complexity index is 1290. The maximum absolute atomic E-state index is 9.47. The second kappa shape index (κ2) is 6.97. The van der Waals surface area contributed by atoms with Crippen molar-refractivity contribution in [1.29, 1.82) is 0 Å². The first kappa shape index (κ1) is 17.3. The molecule has 134 valence electrons. The van der Waals surface area contributed by atoms with Gasteiger partial charge in [-0.05, 0) is 38.7 Å². The molecule has 2 nitrogen and oxygen atoms in total. The van der Waals surface area contributed by atoms with Crippen LogP contribution in [0.2, 0.25) is 0 Å². The van der Waals surface area contributed by atoms with Crippen LogP contribution < -0.4 is 4.65 Å². The van der Waals surface area contributed by atoms with Gasteiger partial charge in [-0.1, -0.05) is 94.8 Å². The van der Waals surface area contributed by atoms with E-state index in [0.29, 0.717) is 0 Å². The van der Waals surface area contributed by atoms with Crippen molar-refractivity contribution in [3.8, 4) is 16.9 Å². The van der Waals surface area contributed by atoms with Gasteiger partial charge in [0.05, 0.1) is 0 Å². The van der Waals surface area contributed by atoms with Crippen molar-refractivity contribution in [1.82, 2.24) is 0 Å². The van der Waals surface area contributed by atoms with Crippen molar-refractivity contribution < 1.29 is 9.68 Å². The van der Waals surface area contributed by atoms with Gasteiger partial charge in [0.15, 0.2) is 0 Å². The molecule has 4 heteroatoms. The number of rotatable bonds is 3. The SMILES string of the molecule is OBOc1c2ccccc2c(-c2ccc(Br)c3ccccc23)c2ccccc12. The topological polar surface area (TPSA) is 29.5 Å². The van der Waals surface area contributed by atoms with E-state index in [2.05, 4.69) is 76.6 Å². The van der Waals surface area contributed by atoms with Crippen LogP contribution in [0.25, 0.3) is 43.4 Å². The molecule has 0 unspecified atom stereocenters. The molecule has 0 spiro atoms. The van der Waals surface area contributed by atoms with Gasteiger partial charge in [-0.3, -0.25) is 0 Å². The minimum atomic E-state index is -0.353. The number of fused-ring (bicyclic) bond motifs is 3. The first-order valence-electron chi connectivity index (χ1n) is 9.14. The summed E-state index contributed by atoms with van der Waals surface area (Å²) in [5, 5.41) is 16.1. The zero-order valence-electron chi connectivity index (χ0n) is 15.0. The molecule has 0 radical (unpaired) electrons. The molecule has 0 heterocycles. The van der Waals surface area contributed by atoms with Gasteiger partial charge >= 0.3 is 7.69 Å². The third-order valence-electron chi connectivity index (χ3n) is 5.23. The third kappa shape index (κ3) is 2.60. The Balaban J connectivity index is 2.01. The molecule has 0 aliphatic rings.